The monoisotopic (exact) mass is 379 g/mol. The minimum Gasteiger partial charge on any atom is -0.417 e. The molecule has 140 valence electrons. The maximum absolute atomic E-state index is 6.19. The molecule has 25 heavy (non-hydrogen) atoms. The predicted octanol–water partition coefficient (Wildman–Crippen LogP) is 6.90. The van der Waals surface area contributed by atoms with Gasteiger partial charge in [-0.1, -0.05) is 56.7 Å². The number of hydrogen-bond acceptors (Lipinski definition) is 2. The molecule has 1 aromatic carbocycles. The van der Waals surface area contributed by atoms with Gasteiger partial charge in [0.25, 0.3) is 0 Å². The van der Waals surface area contributed by atoms with Gasteiger partial charge in [-0.05, 0) is 62.5 Å². The first-order valence-electron chi connectivity index (χ1n) is 9.03. The third kappa shape index (κ3) is 8.35. The van der Waals surface area contributed by atoms with Crippen LogP contribution in [-0.2, 0) is 4.43 Å². The van der Waals surface area contributed by atoms with Gasteiger partial charge in [0.1, 0.15) is 0 Å². The summed E-state index contributed by atoms with van der Waals surface area (Å²) in [5, 5.41) is 1.02. The highest BCUT2D eigenvalue weighted by atomic mass is 35.5. The first kappa shape index (κ1) is 22.1. The molecule has 0 heterocycles. The first-order valence-corrected chi connectivity index (χ1v) is 12.3. The summed E-state index contributed by atoms with van der Waals surface area (Å²) in [4.78, 5) is 4.70. The molecule has 0 aliphatic carbocycles. The molecule has 0 saturated carbocycles. The summed E-state index contributed by atoms with van der Waals surface area (Å²) in [7, 11) is -1.62. The van der Waals surface area contributed by atoms with Gasteiger partial charge in [0.2, 0.25) is 0 Å². The fourth-order valence-corrected chi connectivity index (χ4v) is 3.13. The lowest BCUT2D eigenvalue weighted by Gasteiger charge is -2.36. The number of aliphatic imine (C=N–C) groups is 1. The van der Waals surface area contributed by atoms with Crippen LogP contribution >= 0.6 is 11.6 Å². The van der Waals surface area contributed by atoms with Gasteiger partial charge in [0.15, 0.2) is 8.32 Å². The van der Waals surface area contributed by atoms with Crippen LogP contribution in [0.2, 0.25) is 23.2 Å². The van der Waals surface area contributed by atoms with E-state index in [-0.39, 0.29) is 10.6 Å². The van der Waals surface area contributed by atoms with Crippen LogP contribution in [0.1, 0.15) is 53.0 Å². The maximum Gasteiger partial charge on any atom is 0.191 e. The van der Waals surface area contributed by atoms with Crippen molar-refractivity contribution < 1.29 is 4.43 Å². The van der Waals surface area contributed by atoms with Crippen molar-refractivity contribution in [1.82, 2.24) is 0 Å². The molecule has 0 N–H and O–H groups in total. The average molecular weight is 380 g/mol. The van der Waals surface area contributed by atoms with E-state index in [1.54, 1.807) is 0 Å². The summed E-state index contributed by atoms with van der Waals surface area (Å²) < 4.78 is 6.19. The van der Waals surface area contributed by atoms with E-state index in [4.69, 9.17) is 21.0 Å². The highest BCUT2D eigenvalue weighted by Crippen LogP contribution is 2.36. The van der Waals surface area contributed by atoms with Crippen molar-refractivity contribution >= 4 is 26.1 Å². The van der Waals surface area contributed by atoms with Gasteiger partial charge in [-0.2, -0.15) is 0 Å². The van der Waals surface area contributed by atoms with Crippen LogP contribution in [0.25, 0.3) is 0 Å². The average Bonchev–Trinajstić information content (AvgIpc) is 2.49. The summed E-state index contributed by atoms with van der Waals surface area (Å²) in [6.07, 6.45) is 8.23. The fraction of sp³-hybridized carbons (Fsp3) is 0.571. The molecule has 0 aliphatic rings. The van der Waals surface area contributed by atoms with E-state index >= 15 is 0 Å². The van der Waals surface area contributed by atoms with Crippen LogP contribution in [0.4, 0.5) is 0 Å². The van der Waals surface area contributed by atoms with Crippen LogP contribution in [0, 0.1) is 0 Å². The Morgan fingerprint density at radius 2 is 1.64 bits per heavy atom. The Labute approximate surface area is 160 Å². The molecule has 2 nitrogen and oxygen atoms in total. The van der Waals surface area contributed by atoms with Gasteiger partial charge in [-0.15, -0.1) is 0 Å². The van der Waals surface area contributed by atoms with E-state index in [1.165, 1.54) is 0 Å². The highest BCUT2D eigenvalue weighted by molar-refractivity contribution is 6.74. The molecule has 1 aromatic rings. The lowest BCUT2D eigenvalue weighted by molar-refractivity contribution is 0.294. The van der Waals surface area contributed by atoms with Gasteiger partial charge >= 0.3 is 0 Å². The van der Waals surface area contributed by atoms with Crippen molar-refractivity contribution in [2.24, 2.45) is 4.99 Å². The van der Waals surface area contributed by atoms with E-state index in [0.29, 0.717) is 0 Å². The summed E-state index contributed by atoms with van der Waals surface area (Å²) in [5.41, 5.74) is 0.959. The van der Waals surface area contributed by atoms with Gasteiger partial charge < -0.3 is 4.43 Å². The van der Waals surface area contributed by atoms with Crippen molar-refractivity contribution in [3.8, 4) is 0 Å². The molecule has 0 aromatic heterocycles. The molecule has 1 rings (SSSR count). The van der Waals surface area contributed by atoms with Gasteiger partial charge in [0.05, 0.1) is 5.54 Å². The van der Waals surface area contributed by atoms with Crippen molar-refractivity contribution in [3.63, 3.8) is 0 Å². The first-order chi connectivity index (χ1) is 11.4. The summed E-state index contributed by atoms with van der Waals surface area (Å²) in [5.74, 6) is 0. The predicted molar refractivity (Wildman–Crippen MR) is 115 cm³/mol. The van der Waals surface area contributed by atoms with Gasteiger partial charge in [-0.25, -0.2) is 0 Å². The van der Waals surface area contributed by atoms with E-state index in [1.807, 2.05) is 30.5 Å². The molecule has 0 unspecified atom stereocenters. The van der Waals surface area contributed by atoms with Crippen molar-refractivity contribution in [2.45, 2.75) is 71.1 Å². The van der Waals surface area contributed by atoms with Crippen LogP contribution in [0.15, 0.2) is 41.4 Å². The molecule has 0 atom stereocenters. The topological polar surface area (TPSA) is 21.6 Å². The maximum atomic E-state index is 6.19. The van der Waals surface area contributed by atoms with Crippen molar-refractivity contribution in [2.75, 3.05) is 6.61 Å². The largest absolute Gasteiger partial charge is 0.417 e. The Balaban J connectivity index is 2.40. The molecule has 0 fully saturated rings. The van der Waals surface area contributed by atoms with Crippen LogP contribution in [0.3, 0.4) is 0 Å². The second kappa shape index (κ2) is 9.16. The normalized spacial score (nSPS) is 13.9. The van der Waals surface area contributed by atoms with Crippen molar-refractivity contribution in [1.29, 1.82) is 0 Å². The highest BCUT2D eigenvalue weighted by Gasteiger charge is 2.36. The Bertz CT molecular complexity index is 583. The smallest absolute Gasteiger partial charge is 0.191 e. The number of nitrogens with zero attached hydrogens (tertiary/aromatic N) is 1. The van der Waals surface area contributed by atoms with E-state index in [2.05, 4.69) is 59.9 Å². The number of benzene rings is 1. The lowest BCUT2D eigenvalue weighted by Crippen LogP contribution is -2.40. The number of halogens is 1. The van der Waals surface area contributed by atoms with Crippen LogP contribution in [0.5, 0.6) is 0 Å². The van der Waals surface area contributed by atoms with Crippen molar-refractivity contribution in [3.05, 3.63) is 47.0 Å². The Morgan fingerprint density at radius 3 is 2.20 bits per heavy atom. The summed E-state index contributed by atoms with van der Waals surface area (Å²) in [6, 6.07) is 7.74. The second-order valence-electron chi connectivity index (χ2n) is 8.70. The molecule has 4 heteroatoms. The SMILES string of the molecule is CC(C)(CC=CCCO[Si](C)(C)C(C)(C)C)N=Cc1ccc(Cl)cc1. The van der Waals surface area contributed by atoms with Crippen LogP contribution in [-0.4, -0.2) is 26.7 Å². The van der Waals surface area contributed by atoms with E-state index in [0.717, 1.165) is 30.0 Å². The number of hydrogen-bond donors (Lipinski definition) is 0. The zero-order chi connectivity index (χ0) is 19.1. The third-order valence-electron chi connectivity index (χ3n) is 4.77. The molecule has 0 radical (unpaired) electrons. The van der Waals surface area contributed by atoms with Crippen LogP contribution < -0.4 is 0 Å². The molecule has 0 aliphatic heterocycles. The van der Waals surface area contributed by atoms with E-state index in [9.17, 15) is 0 Å². The molecule has 0 amide bonds. The quantitative estimate of drug-likeness (QED) is 0.208. The van der Waals surface area contributed by atoms with E-state index < -0.39 is 8.32 Å². The Hall–Kier alpha value is -0.903. The minimum atomic E-state index is -1.62. The van der Waals surface area contributed by atoms with Gasteiger partial charge in [0, 0.05) is 17.8 Å². The number of rotatable bonds is 8. The molecule has 0 bridgehead atoms. The standard InChI is InChI=1S/C21H34ClNOSi/c1-20(2,3)25(6,7)24-16-10-8-9-15-21(4,5)23-17-18-11-13-19(22)14-12-18/h8-9,11-14,17H,10,15-16H2,1-7H3. The summed E-state index contributed by atoms with van der Waals surface area (Å²) >= 11 is 5.90. The second-order valence-corrected chi connectivity index (χ2v) is 13.9. The molecule has 0 spiro atoms. The third-order valence-corrected chi connectivity index (χ3v) is 9.56. The minimum absolute atomic E-state index is 0.115. The zero-order valence-corrected chi connectivity index (χ0v) is 18.7. The molecular weight excluding hydrogens is 346 g/mol. The zero-order valence-electron chi connectivity index (χ0n) is 16.9. The molecule has 0 saturated heterocycles. The summed E-state index contributed by atoms with van der Waals surface area (Å²) in [6.45, 7) is 16.5. The lowest BCUT2D eigenvalue weighted by atomic mass is 10.0. The Kier molecular flexibility index (Phi) is 8.11. The van der Waals surface area contributed by atoms with Gasteiger partial charge in [-0.3, -0.25) is 4.99 Å². The fourth-order valence-electron chi connectivity index (χ4n) is 1.94. The Morgan fingerprint density at radius 1 is 1.04 bits per heavy atom. The molecular formula is C21H34ClNOSi.